The number of nitrogen functional groups attached to an aromatic ring is 4. The average Bonchev–Trinajstić information content (AvgIpc) is 1.61. The van der Waals surface area contributed by atoms with Crippen LogP contribution in [0.3, 0.4) is 0 Å². The zero-order chi connectivity index (χ0) is 94.6. The van der Waals surface area contributed by atoms with Crippen LogP contribution in [0.25, 0.3) is 67.1 Å². The molecule has 6 atom stereocenters. The van der Waals surface area contributed by atoms with Crippen molar-refractivity contribution in [1.29, 1.82) is 0 Å². The number of nitrogens with two attached hydrogens (primary N) is 4. The van der Waals surface area contributed by atoms with Gasteiger partial charge in [0, 0.05) is 127 Å². The number of nitrogens with zero attached hydrogens (tertiary/aromatic N) is 16. The predicted molar refractivity (Wildman–Crippen MR) is 534 cm³/mol. The van der Waals surface area contributed by atoms with Crippen molar-refractivity contribution < 1.29 is 28.7 Å². The molecule has 0 radical (unpaired) electrons. The van der Waals surface area contributed by atoms with E-state index in [9.17, 15) is 19.2 Å². The third-order valence-electron chi connectivity index (χ3n) is 25.3. The number of hydrogen-bond donors (Lipinski definition) is 5. The Morgan fingerprint density at radius 1 is 0.394 bits per heavy atom. The van der Waals surface area contributed by atoms with Crippen LogP contribution in [-0.2, 0) is 31.5 Å². The van der Waals surface area contributed by atoms with Crippen molar-refractivity contribution in [2.45, 2.75) is 132 Å². The highest BCUT2D eigenvalue weighted by molar-refractivity contribution is 7.98. The Kier molecular flexibility index (Phi) is 27.3. The van der Waals surface area contributed by atoms with Gasteiger partial charge in [0.25, 0.3) is 23.6 Å². The van der Waals surface area contributed by atoms with Crippen molar-refractivity contribution in [2.75, 3.05) is 54.4 Å². The first kappa shape index (κ1) is 90.8. The zero-order valence-corrected chi connectivity index (χ0v) is 76.6. The highest BCUT2D eigenvalue weighted by atomic mass is 32.2. The van der Waals surface area contributed by atoms with Crippen LogP contribution >= 0.6 is 11.8 Å². The fourth-order valence-electron chi connectivity index (χ4n) is 18.3. The van der Waals surface area contributed by atoms with Gasteiger partial charge in [0.15, 0.2) is 0 Å². The summed E-state index contributed by atoms with van der Waals surface area (Å²) in [6, 6.07) is 72.2. The molecule has 12 heterocycles. The third kappa shape index (κ3) is 19.9. The van der Waals surface area contributed by atoms with Crippen LogP contribution in [0.5, 0.6) is 11.5 Å². The smallest absolute Gasteiger partial charge is 0.299 e. The molecule has 1 aliphatic carbocycles. The van der Waals surface area contributed by atoms with Gasteiger partial charge in [-0.25, -0.2) is 39.9 Å². The van der Waals surface area contributed by atoms with E-state index in [1.807, 2.05) is 207 Å². The van der Waals surface area contributed by atoms with Gasteiger partial charge in [0.05, 0.1) is 24.2 Å². The molecule has 684 valence electrons. The summed E-state index contributed by atoms with van der Waals surface area (Å²) in [5.74, 6) is 19.1. The predicted octanol–water partition coefficient (Wildman–Crippen LogP) is 18.1. The molecule has 4 amide bonds. The Morgan fingerprint density at radius 2 is 0.701 bits per heavy atom. The molecule has 5 fully saturated rings. The summed E-state index contributed by atoms with van der Waals surface area (Å²) < 4.78 is 20.1. The molecule has 21 rings (SSSR count). The number of benzene rings is 8. The number of terminal acetylenes is 3. The number of ether oxygens (including phenoxy) is 2. The lowest BCUT2D eigenvalue weighted by Gasteiger charge is -2.21. The Morgan fingerprint density at radius 3 is 1.03 bits per heavy atom. The van der Waals surface area contributed by atoms with E-state index in [1.54, 1.807) is 51.2 Å². The maximum atomic E-state index is 12.9. The summed E-state index contributed by atoms with van der Waals surface area (Å²) >= 11 is 1.79. The maximum absolute atomic E-state index is 12.9. The number of aromatic nitrogens is 12. The molecule has 9 N–H and O–H groups in total. The first-order chi connectivity index (χ1) is 66.9. The fraction of sp³-hybridized carbons (Fsp3) is 0.229. The first-order valence-corrected chi connectivity index (χ1v) is 46.9. The van der Waals surface area contributed by atoms with E-state index >= 15 is 0 Å². The molecule has 4 saturated heterocycles. The Hall–Kier alpha value is -16.7. The number of anilines is 5. The molecule has 8 aromatic carbocycles. The van der Waals surface area contributed by atoms with Crippen LogP contribution in [0.15, 0.2) is 273 Å². The standard InChI is InChI=1S/C30H29N5O2.C27H25N5O2.C26H24N6O.C26H23N5OS/c1-20(22-6-3-2-4-7-22)37-24-14-12-23(13-15-24)27-28-29(31)32-17-19-35(28)30(33-27)25-8-5-18-34(25)26(36)16-11-21-9-10-21;1-3-23(33)31-16-7-10-22(31)27-30-24(25-26(28)29-15-17-32(25)27)20-11-13-21(14-12-20)34-18(2)19-8-5-4-6-9-19;1-2-22(33)31-15-6-9-21(31)26-30-23(24-25(27)28-14-16-32(24)26)19-10-12-20(13-11-19)29-17-18-7-4-3-5-8-18;1-2-22(32)30-15-6-9-21(30)26-29-23(24-25(27)28-14-16-31(24)26)19-10-12-20(13-11-19)33-17-18-7-4-3-5-8-18/h2-4,6-7,12-15,17,19-21,25H,5,8-10,18H2,1H3,(H2,31,32);1,4-6,8-9,11-15,17-18,22H,7,10,16H2,2H3,(H2,28,29);1,3-5,7-8,10-14,16,21,29H,6,9,15,17H2,(H2,27,28);1,3-5,7-8,10-14,16,21H,6,9,15,17H2,(H2,27,28)/t20?,25-;18?,22-;2*21-/m0000/s1. The molecule has 0 bridgehead atoms. The van der Waals surface area contributed by atoms with Gasteiger partial charge in [-0.3, -0.25) is 36.8 Å². The average molecular weight is 1830 g/mol. The summed E-state index contributed by atoms with van der Waals surface area (Å²) in [6.07, 6.45) is 39.0. The second-order valence-corrected chi connectivity index (χ2v) is 35.2. The number of imidazole rings is 4. The van der Waals surface area contributed by atoms with Crippen molar-refractivity contribution >= 4 is 86.4 Å². The number of hydrogen-bond acceptors (Lipinski definition) is 20. The van der Waals surface area contributed by atoms with Crippen molar-refractivity contribution in [3.63, 3.8) is 0 Å². The Labute approximate surface area is 798 Å². The second kappa shape index (κ2) is 41.2. The van der Waals surface area contributed by atoms with Crippen molar-refractivity contribution in [3.8, 4) is 105 Å². The second-order valence-electron chi connectivity index (χ2n) is 34.1. The van der Waals surface area contributed by atoms with E-state index in [0.29, 0.717) is 66.6 Å². The summed E-state index contributed by atoms with van der Waals surface area (Å²) in [4.78, 5) is 95.1. The summed E-state index contributed by atoms with van der Waals surface area (Å²) in [5, 5.41) is 3.44. The zero-order valence-electron chi connectivity index (χ0n) is 75.8. The van der Waals surface area contributed by atoms with Crippen LogP contribution in [0, 0.1) is 54.8 Å². The Balaban J connectivity index is 0.000000122. The van der Waals surface area contributed by atoms with Crippen molar-refractivity contribution in [1.82, 2.24) is 77.1 Å². The number of likely N-dealkylation sites (tertiary alicyclic amines) is 4. The Bertz CT molecular complexity index is 7070. The molecule has 2 unspecified atom stereocenters. The van der Waals surface area contributed by atoms with Gasteiger partial charge >= 0.3 is 0 Å². The molecule has 4 aliphatic heterocycles. The summed E-state index contributed by atoms with van der Waals surface area (Å²) in [7, 11) is 0. The quantitative estimate of drug-likeness (QED) is 0.0349. The van der Waals surface area contributed by atoms with E-state index in [-0.39, 0.29) is 60.0 Å². The van der Waals surface area contributed by atoms with E-state index < -0.39 is 0 Å². The van der Waals surface area contributed by atoms with Crippen LogP contribution in [0.4, 0.5) is 29.0 Å². The van der Waals surface area contributed by atoms with Gasteiger partial charge in [-0.1, -0.05) is 152 Å². The number of rotatable bonds is 20. The third-order valence-corrected chi connectivity index (χ3v) is 26.4. The molecule has 28 heteroatoms. The SMILES string of the molecule is C#CC(=O)N1CCC[C@H]1c1nc(-c2ccc(NCc3ccccc3)cc2)c2c(N)nccn12.C#CC(=O)N1CCC[C@H]1c1nc(-c2ccc(OC(C)c3ccccc3)cc2)c2c(N)nccn12.C#CC(=O)N1CCC[C@H]1c1nc(-c2ccc(SCc3ccccc3)cc2)c2c(N)nccn12.CC(Oc1ccc(-c2nc([C@@H]3CCCN3C(=O)C#CC3CC3)n3ccnc(N)c23)cc1)c1ccccc1. The van der Waals surface area contributed by atoms with Gasteiger partial charge in [0.1, 0.15) is 115 Å². The minimum atomic E-state index is -0.322. The van der Waals surface area contributed by atoms with Crippen LogP contribution in [0.2, 0.25) is 0 Å². The first-order valence-electron chi connectivity index (χ1n) is 45.9. The van der Waals surface area contributed by atoms with Crippen LogP contribution < -0.4 is 37.7 Å². The van der Waals surface area contributed by atoms with E-state index in [2.05, 4.69) is 128 Å². The van der Waals surface area contributed by atoms with Crippen molar-refractivity contribution in [3.05, 3.63) is 314 Å². The number of thioether (sulfide) groups is 1. The molecule has 16 aromatic rings. The van der Waals surface area contributed by atoms with Crippen LogP contribution in [0.1, 0.15) is 160 Å². The number of amides is 4. The number of fused-ring (bicyclic) bond motifs is 4. The van der Waals surface area contributed by atoms with Gasteiger partial charge in [-0.2, -0.15) is 0 Å². The van der Waals surface area contributed by atoms with E-state index in [1.165, 1.54) is 16.0 Å². The minimum Gasteiger partial charge on any atom is -0.486 e. The summed E-state index contributed by atoms with van der Waals surface area (Å²) in [6.45, 7) is 7.36. The number of carbonyl (C=O) groups is 4. The topological polar surface area (TPSA) is 337 Å². The van der Waals surface area contributed by atoms with Gasteiger partial charge in [-0.15, -0.1) is 31.0 Å². The molecule has 8 aromatic heterocycles. The van der Waals surface area contributed by atoms with Crippen molar-refractivity contribution in [2.24, 2.45) is 5.92 Å². The van der Waals surface area contributed by atoms with Gasteiger partial charge < -0.3 is 57.3 Å². The molecule has 0 spiro atoms. The largest absolute Gasteiger partial charge is 0.486 e. The molecular formula is C109H101N21O6S. The van der Waals surface area contributed by atoms with Gasteiger partial charge in [0.2, 0.25) is 0 Å². The lowest BCUT2D eigenvalue weighted by atomic mass is 10.1. The molecule has 5 aliphatic rings. The highest BCUT2D eigenvalue weighted by Gasteiger charge is 2.39. The van der Waals surface area contributed by atoms with E-state index in [4.69, 9.17) is 71.6 Å². The number of nitrogens with one attached hydrogen (secondary N) is 1. The number of carbonyl (C=O) groups excluding carboxylic acids is 4. The molecule has 137 heavy (non-hydrogen) atoms. The van der Waals surface area contributed by atoms with E-state index in [0.717, 1.165) is 184 Å². The van der Waals surface area contributed by atoms with Gasteiger partial charge in [-0.05, 0) is 197 Å². The van der Waals surface area contributed by atoms with Crippen LogP contribution in [-0.4, -0.2) is 127 Å². The highest BCUT2D eigenvalue weighted by Crippen LogP contribution is 2.44. The lowest BCUT2D eigenvalue weighted by Crippen LogP contribution is -2.30. The summed E-state index contributed by atoms with van der Waals surface area (Å²) in [5.41, 5.74) is 40.5. The fourth-order valence-corrected chi connectivity index (χ4v) is 19.1. The normalized spacial score (nSPS) is 16.4. The maximum Gasteiger partial charge on any atom is 0.299 e. The molecule has 1 saturated carbocycles. The molecular weight excluding hydrogens is 1730 g/mol. The minimum absolute atomic E-state index is 0.0687. The lowest BCUT2D eigenvalue weighted by molar-refractivity contribution is -0.126. The monoisotopic (exact) mass is 1830 g/mol. The molecule has 27 nitrogen and oxygen atoms in total.